The van der Waals surface area contributed by atoms with Crippen LogP contribution >= 0.6 is 0 Å². The molecule has 0 unspecified atom stereocenters. The van der Waals surface area contributed by atoms with Crippen molar-refractivity contribution in [3.63, 3.8) is 0 Å². The van der Waals surface area contributed by atoms with Gasteiger partial charge in [0.1, 0.15) is 5.76 Å². The smallest absolute Gasteiger partial charge is 0.371 e. The van der Waals surface area contributed by atoms with E-state index in [0.717, 1.165) is 6.07 Å². The first-order valence-corrected chi connectivity index (χ1v) is 4.19. The van der Waals surface area contributed by atoms with Gasteiger partial charge in [-0.15, -0.1) is 0 Å². The van der Waals surface area contributed by atoms with E-state index >= 15 is 0 Å². The molecule has 0 bridgehead atoms. The van der Waals surface area contributed by atoms with E-state index in [1.165, 1.54) is 6.07 Å². The third-order valence-corrected chi connectivity index (χ3v) is 1.72. The third-order valence-electron chi connectivity index (χ3n) is 1.72. The predicted octanol–water partition coefficient (Wildman–Crippen LogP) is 1.64. The largest absolute Gasteiger partial charge is 0.475 e. The van der Waals surface area contributed by atoms with Gasteiger partial charge in [-0.05, 0) is 0 Å². The molecule has 4 nitrogen and oxygen atoms in total. The molecule has 0 radical (unpaired) electrons. The zero-order valence-electron chi connectivity index (χ0n) is 8.33. The molecular weight excluding hydrogens is 184 g/mol. The van der Waals surface area contributed by atoms with Gasteiger partial charge in [-0.3, -0.25) is 4.79 Å². The van der Waals surface area contributed by atoms with Gasteiger partial charge < -0.3 is 9.52 Å². The van der Waals surface area contributed by atoms with Gasteiger partial charge in [0.15, 0.2) is 5.43 Å². The van der Waals surface area contributed by atoms with Crippen LogP contribution in [0.3, 0.4) is 0 Å². The molecule has 0 aliphatic heterocycles. The minimum atomic E-state index is -1.23. The lowest BCUT2D eigenvalue weighted by atomic mass is 9.93. The van der Waals surface area contributed by atoms with E-state index in [1.54, 1.807) is 0 Å². The normalized spacial score (nSPS) is 11.4. The second-order valence-electron chi connectivity index (χ2n) is 4.08. The van der Waals surface area contributed by atoms with Gasteiger partial charge in [-0.1, -0.05) is 20.8 Å². The molecule has 1 aromatic heterocycles. The fraction of sp³-hybridized carbons (Fsp3) is 0.400. The first-order chi connectivity index (χ1) is 6.30. The van der Waals surface area contributed by atoms with Gasteiger partial charge in [0.25, 0.3) is 0 Å². The van der Waals surface area contributed by atoms with Crippen molar-refractivity contribution in [1.82, 2.24) is 0 Å². The Balaban J connectivity index is 3.35. The fourth-order valence-corrected chi connectivity index (χ4v) is 0.952. The zero-order valence-corrected chi connectivity index (χ0v) is 8.33. The van der Waals surface area contributed by atoms with E-state index in [4.69, 9.17) is 9.52 Å². The molecule has 0 saturated heterocycles. The molecule has 0 amide bonds. The molecule has 0 aliphatic rings. The van der Waals surface area contributed by atoms with Crippen LogP contribution < -0.4 is 5.43 Å². The third kappa shape index (κ3) is 2.22. The highest BCUT2D eigenvalue weighted by molar-refractivity contribution is 5.84. The Morgan fingerprint density at radius 3 is 2.36 bits per heavy atom. The van der Waals surface area contributed by atoms with Crippen molar-refractivity contribution in [2.45, 2.75) is 26.2 Å². The van der Waals surface area contributed by atoms with Crippen molar-refractivity contribution in [3.05, 3.63) is 33.9 Å². The summed E-state index contributed by atoms with van der Waals surface area (Å²) in [6.07, 6.45) is 0. The second kappa shape index (κ2) is 3.29. The Morgan fingerprint density at radius 1 is 1.36 bits per heavy atom. The maximum atomic E-state index is 11.1. The Bertz CT molecular complexity index is 409. The molecule has 1 heterocycles. The molecule has 1 rings (SSSR count). The molecule has 1 aromatic rings. The van der Waals surface area contributed by atoms with Crippen LogP contribution in [-0.2, 0) is 5.41 Å². The van der Waals surface area contributed by atoms with Gasteiger partial charge >= 0.3 is 5.97 Å². The average Bonchev–Trinajstić information content (AvgIpc) is 2.01. The summed E-state index contributed by atoms with van der Waals surface area (Å²) >= 11 is 0. The minimum absolute atomic E-state index is 0.317. The first kappa shape index (κ1) is 10.5. The van der Waals surface area contributed by atoms with E-state index in [0.29, 0.717) is 5.76 Å². The van der Waals surface area contributed by atoms with Gasteiger partial charge in [-0.2, -0.15) is 0 Å². The van der Waals surface area contributed by atoms with Gasteiger partial charge in [-0.25, -0.2) is 4.79 Å². The summed E-state index contributed by atoms with van der Waals surface area (Å²) in [5.74, 6) is -1.17. The van der Waals surface area contributed by atoms with Crippen LogP contribution in [0, 0.1) is 0 Å². The Morgan fingerprint density at radius 2 is 1.93 bits per heavy atom. The van der Waals surface area contributed by atoms with Gasteiger partial charge in [0.2, 0.25) is 5.76 Å². The molecule has 0 aliphatic carbocycles. The molecular formula is C10H12O4. The maximum Gasteiger partial charge on any atom is 0.371 e. The fourth-order valence-electron chi connectivity index (χ4n) is 0.952. The van der Waals surface area contributed by atoms with Crippen molar-refractivity contribution in [2.24, 2.45) is 0 Å². The number of carboxylic acids is 1. The zero-order chi connectivity index (χ0) is 10.9. The van der Waals surface area contributed by atoms with E-state index in [1.807, 2.05) is 20.8 Å². The van der Waals surface area contributed by atoms with Crippen LogP contribution in [0.4, 0.5) is 0 Å². The summed E-state index contributed by atoms with van der Waals surface area (Å²) in [5, 5.41) is 8.67. The van der Waals surface area contributed by atoms with E-state index in [-0.39, 0.29) is 16.6 Å². The van der Waals surface area contributed by atoms with Crippen molar-refractivity contribution in [2.75, 3.05) is 0 Å². The molecule has 0 saturated carbocycles. The Kier molecular flexibility index (Phi) is 2.47. The van der Waals surface area contributed by atoms with E-state index in [9.17, 15) is 9.59 Å². The molecule has 76 valence electrons. The number of carboxylic acid groups (broad SMARTS) is 1. The Hall–Kier alpha value is -1.58. The highest BCUT2D eigenvalue weighted by Crippen LogP contribution is 2.21. The number of hydrogen-bond donors (Lipinski definition) is 1. The highest BCUT2D eigenvalue weighted by atomic mass is 16.4. The summed E-state index contributed by atoms with van der Waals surface area (Å²) < 4.78 is 5.08. The molecule has 0 aromatic carbocycles. The van der Waals surface area contributed by atoms with Crippen LogP contribution in [0.25, 0.3) is 0 Å². The topological polar surface area (TPSA) is 67.5 Å². The average molecular weight is 196 g/mol. The van der Waals surface area contributed by atoms with Gasteiger partial charge in [0.05, 0.1) is 0 Å². The lowest BCUT2D eigenvalue weighted by molar-refractivity contribution is 0.0654. The molecule has 0 fully saturated rings. The standard InChI is InChI=1S/C10H12O4/c1-10(2,3)8-5-6(11)4-7(14-8)9(12)13/h4-5H,1-3H3,(H,12,13). The summed E-state index contributed by atoms with van der Waals surface area (Å²) in [6.45, 7) is 5.53. The maximum absolute atomic E-state index is 11.1. The van der Waals surface area contributed by atoms with Crippen LogP contribution in [0.5, 0.6) is 0 Å². The number of aromatic carboxylic acids is 1. The van der Waals surface area contributed by atoms with Crippen molar-refractivity contribution in [1.29, 1.82) is 0 Å². The number of carbonyl (C=O) groups is 1. The highest BCUT2D eigenvalue weighted by Gasteiger charge is 2.19. The van der Waals surface area contributed by atoms with E-state index < -0.39 is 5.97 Å². The molecule has 4 heteroatoms. The van der Waals surface area contributed by atoms with Crippen LogP contribution in [-0.4, -0.2) is 11.1 Å². The lowest BCUT2D eigenvalue weighted by Gasteiger charge is -2.16. The van der Waals surface area contributed by atoms with Crippen molar-refractivity contribution < 1.29 is 14.3 Å². The first-order valence-electron chi connectivity index (χ1n) is 4.19. The number of hydrogen-bond acceptors (Lipinski definition) is 3. The lowest BCUT2D eigenvalue weighted by Crippen LogP contribution is -2.16. The summed E-state index contributed by atoms with van der Waals surface area (Å²) in [5.41, 5.74) is -0.719. The summed E-state index contributed by atoms with van der Waals surface area (Å²) in [4.78, 5) is 21.7. The van der Waals surface area contributed by atoms with Crippen LogP contribution in [0.2, 0.25) is 0 Å². The van der Waals surface area contributed by atoms with E-state index in [2.05, 4.69) is 0 Å². The summed E-state index contributed by atoms with van der Waals surface area (Å²) in [6, 6.07) is 2.28. The quantitative estimate of drug-likeness (QED) is 0.741. The molecule has 14 heavy (non-hydrogen) atoms. The Labute approximate surface area is 81.2 Å². The SMILES string of the molecule is CC(C)(C)c1cc(=O)cc(C(=O)O)o1. The monoisotopic (exact) mass is 196 g/mol. The molecule has 1 N–H and O–H groups in total. The van der Waals surface area contributed by atoms with Crippen molar-refractivity contribution in [3.8, 4) is 0 Å². The number of rotatable bonds is 1. The van der Waals surface area contributed by atoms with Gasteiger partial charge in [0, 0.05) is 17.5 Å². The second-order valence-corrected chi connectivity index (χ2v) is 4.08. The van der Waals surface area contributed by atoms with Crippen LogP contribution in [0.15, 0.2) is 21.3 Å². The summed E-state index contributed by atoms with van der Waals surface area (Å²) in [7, 11) is 0. The molecule has 0 spiro atoms. The van der Waals surface area contributed by atoms with Crippen molar-refractivity contribution >= 4 is 5.97 Å². The molecule has 0 atom stereocenters. The minimum Gasteiger partial charge on any atom is -0.475 e. The van der Waals surface area contributed by atoms with Crippen LogP contribution in [0.1, 0.15) is 37.1 Å². The predicted molar refractivity (Wildman–Crippen MR) is 50.6 cm³/mol.